The van der Waals surface area contributed by atoms with Gasteiger partial charge < -0.3 is 9.15 Å². The van der Waals surface area contributed by atoms with Crippen molar-refractivity contribution in [2.75, 3.05) is 0 Å². The van der Waals surface area contributed by atoms with E-state index in [1.165, 1.54) is 22.3 Å². The minimum absolute atomic E-state index is 0.179. The first kappa shape index (κ1) is 28.6. The predicted octanol–water partition coefficient (Wildman–Crippen LogP) is 11.6. The Kier molecular flexibility index (Phi) is 6.31. The lowest BCUT2D eigenvalue weighted by molar-refractivity contribution is 0.436. The summed E-state index contributed by atoms with van der Waals surface area (Å²) in [6, 6.07) is 57.3. The van der Waals surface area contributed by atoms with Gasteiger partial charge in [0.25, 0.3) is 0 Å². The molecule has 3 heteroatoms. The molecule has 0 radical (unpaired) electrons. The summed E-state index contributed by atoms with van der Waals surface area (Å²) in [6.45, 7) is 4.54. The van der Waals surface area contributed by atoms with E-state index in [2.05, 4.69) is 134 Å². The van der Waals surface area contributed by atoms with Crippen molar-refractivity contribution in [1.82, 2.24) is 0 Å². The largest absolute Gasteiger partial charge is 0.460 e. The van der Waals surface area contributed by atoms with E-state index in [0.29, 0.717) is 0 Å². The van der Waals surface area contributed by atoms with Crippen molar-refractivity contribution in [3.63, 3.8) is 0 Å². The summed E-state index contributed by atoms with van der Waals surface area (Å²) < 4.78 is 13.5. The molecule has 1 unspecified atom stereocenters. The first-order chi connectivity index (χ1) is 24.7. The Morgan fingerprint density at radius 3 is 1.84 bits per heavy atom. The molecule has 0 saturated heterocycles. The van der Waals surface area contributed by atoms with Crippen LogP contribution < -0.4 is 4.74 Å². The van der Waals surface area contributed by atoms with Crippen molar-refractivity contribution in [2.45, 2.75) is 11.3 Å². The van der Waals surface area contributed by atoms with Gasteiger partial charge in [-0.3, -0.25) is 0 Å². The number of nitrogens with zero attached hydrogens (tertiary/aromatic N) is 1. The molecule has 0 N–H and O–H groups in total. The number of fused-ring (bicyclic) bond motifs is 9. The number of allylic oxidation sites excluding steroid dienone is 2. The molecule has 1 aliphatic carbocycles. The molecule has 1 spiro atoms. The van der Waals surface area contributed by atoms with Crippen LogP contribution in [-0.4, -0.2) is 5.71 Å². The molecule has 3 aliphatic rings. The van der Waals surface area contributed by atoms with Gasteiger partial charge in [0.2, 0.25) is 0 Å². The number of hydrogen-bond donors (Lipinski definition) is 0. The van der Waals surface area contributed by atoms with E-state index in [-0.39, 0.29) is 5.92 Å². The van der Waals surface area contributed by atoms with Gasteiger partial charge in [-0.1, -0.05) is 146 Å². The fourth-order valence-electron chi connectivity index (χ4n) is 8.19. The highest BCUT2D eigenvalue weighted by Gasteiger charge is 2.50. The molecule has 10 rings (SSSR count). The second-order valence-electron chi connectivity index (χ2n) is 13.1. The van der Waals surface area contributed by atoms with Crippen LogP contribution in [0.15, 0.2) is 191 Å². The van der Waals surface area contributed by atoms with Crippen LogP contribution in [0.1, 0.15) is 45.1 Å². The molecule has 3 heterocycles. The average molecular weight is 642 g/mol. The smallest absolute Gasteiger partial charge is 0.134 e. The summed E-state index contributed by atoms with van der Waals surface area (Å²) in [5, 5.41) is 0. The summed E-state index contributed by atoms with van der Waals surface area (Å²) in [7, 11) is 0. The Morgan fingerprint density at radius 2 is 1.12 bits per heavy atom. The summed E-state index contributed by atoms with van der Waals surface area (Å²) in [4.78, 5) is 5.10. The van der Waals surface area contributed by atoms with E-state index in [0.717, 1.165) is 67.8 Å². The number of aliphatic imine (C=N–C) groups is 1. The minimum atomic E-state index is -0.490. The monoisotopic (exact) mass is 641 g/mol. The van der Waals surface area contributed by atoms with Gasteiger partial charge in [0.1, 0.15) is 23.0 Å². The van der Waals surface area contributed by atoms with Crippen LogP contribution in [0.3, 0.4) is 0 Å². The minimum Gasteiger partial charge on any atom is -0.460 e. The standard InChI is InChI=1S/C47H31NO2/c1-30-36(29-41(31-14-4-2-5-15-31)48-46(30)32-16-6-3-7-17-32)43-27-26-42(49-43)33-24-25-40-45(28-33)50-44-23-13-12-22-39(44)47(40)37-20-10-8-18-34(37)35-19-9-11-21-38(35)47/h2-29,36H,1H2. The Balaban J connectivity index is 1.09. The fraction of sp³-hybridized carbons (Fsp3) is 0.0426. The molecule has 236 valence electrons. The first-order valence-corrected chi connectivity index (χ1v) is 17.0. The molecule has 7 aromatic rings. The fourth-order valence-corrected chi connectivity index (χ4v) is 8.19. The highest BCUT2D eigenvalue weighted by atomic mass is 16.5. The van der Waals surface area contributed by atoms with Crippen LogP contribution in [0.2, 0.25) is 0 Å². The van der Waals surface area contributed by atoms with E-state index in [1.807, 2.05) is 42.5 Å². The van der Waals surface area contributed by atoms with Crippen LogP contribution in [0.4, 0.5) is 0 Å². The molecule has 0 fully saturated rings. The molecule has 0 saturated carbocycles. The van der Waals surface area contributed by atoms with Gasteiger partial charge in [0.05, 0.1) is 22.7 Å². The maximum absolute atomic E-state index is 6.74. The molecule has 0 bridgehead atoms. The Bertz CT molecular complexity index is 2490. The van der Waals surface area contributed by atoms with Gasteiger partial charge in [-0.05, 0) is 63.7 Å². The van der Waals surface area contributed by atoms with E-state index in [1.54, 1.807) is 0 Å². The molecule has 2 aliphatic heterocycles. The van der Waals surface area contributed by atoms with E-state index in [9.17, 15) is 0 Å². The zero-order valence-corrected chi connectivity index (χ0v) is 27.2. The zero-order valence-electron chi connectivity index (χ0n) is 27.2. The van der Waals surface area contributed by atoms with Gasteiger partial charge in [-0.2, -0.15) is 0 Å². The lowest BCUT2D eigenvalue weighted by Gasteiger charge is -2.39. The summed E-state index contributed by atoms with van der Waals surface area (Å²) in [5.41, 5.74) is 12.6. The highest BCUT2D eigenvalue weighted by molar-refractivity contribution is 6.16. The van der Waals surface area contributed by atoms with E-state index < -0.39 is 5.41 Å². The van der Waals surface area contributed by atoms with Crippen molar-refractivity contribution in [1.29, 1.82) is 0 Å². The van der Waals surface area contributed by atoms with Gasteiger partial charge in [-0.15, -0.1) is 0 Å². The van der Waals surface area contributed by atoms with Gasteiger partial charge in [0.15, 0.2) is 0 Å². The van der Waals surface area contributed by atoms with Crippen molar-refractivity contribution in [3.8, 4) is 33.9 Å². The number of para-hydroxylation sites is 1. The number of benzene rings is 6. The predicted molar refractivity (Wildman–Crippen MR) is 201 cm³/mol. The van der Waals surface area contributed by atoms with Gasteiger partial charge in [-0.25, -0.2) is 4.99 Å². The first-order valence-electron chi connectivity index (χ1n) is 17.0. The Morgan fingerprint density at radius 1 is 0.520 bits per heavy atom. The summed E-state index contributed by atoms with van der Waals surface area (Å²) >= 11 is 0. The molecule has 0 amide bonds. The van der Waals surface area contributed by atoms with Gasteiger partial charge >= 0.3 is 0 Å². The summed E-state index contributed by atoms with van der Waals surface area (Å²) in [6.07, 6.45) is 2.17. The van der Waals surface area contributed by atoms with Crippen LogP contribution in [0.5, 0.6) is 11.5 Å². The maximum atomic E-state index is 6.74. The third kappa shape index (κ3) is 4.13. The SMILES string of the molecule is C=C1C(c2ccccc2)=NC(c2ccccc2)=CC1c1ccc(-c2ccc3c(c2)Oc2ccccc2C32c3ccccc3-c3ccccc32)o1. The quantitative estimate of drug-likeness (QED) is 0.192. The summed E-state index contributed by atoms with van der Waals surface area (Å²) in [5.74, 6) is 3.12. The normalized spacial score (nSPS) is 16.4. The second-order valence-corrected chi connectivity index (χ2v) is 13.1. The van der Waals surface area contributed by atoms with Crippen molar-refractivity contribution in [2.24, 2.45) is 4.99 Å². The van der Waals surface area contributed by atoms with Crippen molar-refractivity contribution >= 4 is 11.4 Å². The molecule has 50 heavy (non-hydrogen) atoms. The van der Waals surface area contributed by atoms with Crippen LogP contribution in [0.25, 0.3) is 28.1 Å². The van der Waals surface area contributed by atoms with Crippen molar-refractivity contribution in [3.05, 3.63) is 221 Å². The molecular weight excluding hydrogens is 611 g/mol. The third-order valence-corrected chi connectivity index (χ3v) is 10.4. The van der Waals surface area contributed by atoms with Crippen molar-refractivity contribution < 1.29 is 9.15 Å². The molecule has 3 nitrogen and oxygen atoms in total. The molecular formula is C47H31NO2. The van der Waals surface area contributed by atoms with E-state index in [4.69, 9.17) is 14.1 Å². The molecule has 1 aromatic heterocycles. The Labute approximate surface area is 291 Å². The maximum Gasteiger partial charge on any atom is 0.134 e. The van der Waals surface area contributed by atoms with Gasteiger partial charge in [0, 0.05) is 22.3 Å². The number of furan rings is 1. The number of rotatable bonds is 4. The second kappa shape index (κ2) is 11.0. The molecule has 6 aromatic carbocycles. The average Bonchev–Trinajstić information content (AvgIpc) is 3.78. The lowest BCUT2D eigenvalue weighted by atomic mass is 9.66. The lowest BCUT2D eigenvalue weighted by Crippen LogP contribution is -2.32. The number of hydrogen-bond acceptors (Lipinski definition) is 3. The topological polar surface area (TPSA) is 34.7 Å². The Hall–Kier alpha value is -6.45. The van der Waals surface area contributed by atoms with E-state index >= 15 is 0 Å². The zero-order chi connectivity index (χ0) is 33.2. The highest BCUT2D eigenvalue weighted by Crippen LogP contribution is 2.62. The van der Waals surface area contributed by atoms with Crippen LogP contribution in [0, 0.1) is 0 Å². The molecule has 1 atom stereocenters. The number of ether oxygens (including phenoxy) is 1. The third-order valence-electron chi connectivity index (χ3n) is 10.4. The van der Waals surface area contributed by atoms with Crippen LogP contribution in [-0.2, 0) is 5.41 Å². The van der Waals surface area contributed by atoms with Crippen LogP contribution >= 0.6 is 0 Å².